The summed E-state index contributed by atoms with van der Waals surface area (Å²) in [6.45, 7) is 3.15. The molecule has 0 N–H and O–H groups in total. The number of benzene rings is 1. The van der Waals surface area contributed by atoms with Gasteiger partial charge < -0.3 is 9.80 Å². The van der Waals surface area contributed by atoms with Gasteiger partial charge in [-0.1, -0.05) is 12.1 Å². The number of thiophene rings is 1. The van der Waals surface area contributed by atoms with Crippen LogP contribution in [0.4, 0.5) is 5.69 Å². The summed E-state index contributed by atoms with van der Waals surface area (Å²) in [4.78, 5) is 19.4. The second-order valence-electron chi connectivity index (χ2n) is 6.67. The highest BCUT2D eigenvalue weighted by Crippen LogP contribution is 2.31. The number of hydrogen-bond acceptors (Lipinski definition) is 4. The van der Waals surface area contributed by atoms with Gasteiger partial charge in [0, 0.05) is 31.1 Å². The second kappa shape index (κ2) is 6.89. The van der Waals surface area contributed by atoms with E-state index in [0.717, 1.165) is 49.5 Å². The van der Waals surface area contributed by atoms with Gasteiger partial charge in [-0.2, -0.15) is 5.26 Å². The maximum absolute atomic E-state index is 12.9. The van der Waals surface area contributed by atoms with Crippen molar-refractivity contribution in [3.8, 4) is 6.07 Å². The van der Waals surface area contributed by atoms with E-state index in [4.69, 9.17) is 0 Å². The molecule has 1 aromatic heterocycles. The van der Waals surface area contributed by atoms with Crippen molar-refractivity contribution in [3.05, 3.63) is 51.2 Å². The Balaban J connectivity index is 1.47. The van der Waals surface area contributed by atoms with Crippen LogP contribution in [0.5, 0.6) is 0 Å². The summed E-state index contributed by atoms with van der Waals surface area (Å²) >= 11 is 1.69. The van der Waals surface area contributed by atoms with Gasteiger partial charge in [0.2, 0.25) is 0 Å². The Bertz CT molecular complexity index is 814. The minimum atomic E-state index is 0.176. The smallest absolute Gasteiger partial charge is 0.263 e. The van der Waals surface area contributed by atoms with Crippen LogP contribution in [0, 0.1) is 11.3 Å². The molecule has 1 aliphatic heterocycles. The van der Waals surface area contributed by atoms with Crippen molar-refractivity contribution < 1.29 is 4.79 Å². The highest BCUT2D eigenvalue weighted by atomic mass is 32.1. The molecule has 0 unspecified atom stereocenters. The number of rotatable bonds is 2. The van der Waals surface area contributed by atoms with Gasteiger partial charge in [-0.3, -0.25) is 4.79 Å². The number of aryl methyl sites for hydroxylation is 2. The SMILES string of the molecule is N#Cc1ccccc1N1CCCN(C(=O)c2cc3c(s2)CCC3)CC1. The molecule has 2 aliphatic rings. The number of anilines is 1. The molecule has 5 heteroatoms. The predicted molar refractivity (Wildman–Crippen MR) is 100 cm³/mol. The largest absolute Gasteiger partial charge is 0.369 e. The zero-order valence-electron chi connectivity index (χ0n) is 14.2. The Morgan fingerprint density at radius 1 is 1.08 bits per heavy atom. The molecule has 0 spiro atoms. The van der Waals surface area contributed by atoms with Crippen LogP contribution in [-0.2, 0) is 12.8 Å². The van der Waals surface area contributed by atoms with Crippen molar-refractivity contribution in [1.29, 1.82) is 5.26 Å². The maximum atomic E-state index is 12.9. The van der Waals surface area contributed by atoms with E-state index in [-0.39, 0.29) is 5.91 Å². The van der Waals surface area contributed by atoms with E-state index in [1.807, 2.05) is 29.2 Å². The lowest BCUT2D eigenvalue weighted by Gasteiger charge is -2.24. The lowest BCUT2D eigenvalue weighted by molar-refractivity contribution is 0.0772. The highest BCUT2D eigenvalue weighted by Gasteiger charge is 2.25. The Kier molecular flexibility index (Phi) is 4.46. The van der Waals surface area contributed by atoms with Crippen LogP contribution >= 0.6 is 11.3 Å². The number of nitriles is 1. The first-order valence-corrected chi connectivity index (χ1v) is 9.73. The van der Waals surface area contributed by atoms with Crippen molar-refractivity contribution in [1.82, 2.24) is 4.90 Å². The van der Waals surface area contributed by atoms with E-state index in [0.29, 0.717) is 12.1 Å². The van der Waals surface area contributed by atoms with E-state index < -0.39 is 0 Å². The van der Waals surface area contributed by atoms with Crippen LogP contribution < -0.4 is 4.90 Å². The first-order valence-electron chi connectivity index (χ1n) is 8.91. The van der Waals surface area contributed by atoms with Crippen molar-refractivity contribution >= 4 is 22.9 Å². The summed E-state index contributed by atoms with van der Waals surface area (Å²) in [5.41, 5.74) is 3.07. The number of carbonyl (C=O) groups excluding carboxylic acids is 1. The number of amides is 1. The molecular weight excluding hydrogens is 330 g/mol. The molecule has 128 valence electrons. The van der Waals surface area contributed by atoms with E-state index >= 15 is 0 Å². The molecule has 1 fully saturated rings. The first kappa shape index (κ1) is 16.2. The molecule has 0 bridgehead atoms. The van der Waals surface area contributed by atoms with Crippen molar-refractivity contribution in [2.75, 3.05) is 31.1 Å². The quantitative estimate of drug-likeness (QED) is 0.832. The molecule has 25 heavy (non-hydrogen) atoms. The zero-order chi connectivity index (χ0) is 17.2. The van der Waals surface area contributed by atoms with Crippen LogP contribution in [0.15, 0.2) is 30.3 Å². The third-order valence-corrected chi connectivity index (χ3v) is 6.33. The summed E-state index contributed by atoms with van der Waals surface area (Å²) in [6.07, 6.45) is 4.41. The summed E-state index contributed by atoms with van der Waals surface area (Å²) in [5.74, 6) is 0.176. The molecular formula is C20H21N3OS. The van der Waals surface area contributed by atoms with Gasteiger partial charge in [0.1, 0.15) is 6.07 Å². The van der Waals surface area contributed by atoms with Gasteiger partial charge in [-0.25, -0.2) is 0 Å². The third-order valence-electron chi connectivity index (χ3n) is 5.11. The van der Waals surface area contributed by atoms with Gasteiger partial charge in [0.15, 0.2) is 0 Å². The minimum absolute atomic E-state index is 0.176. The molecule has 1 saturated heterocycles. The van der Waals surface area contributed by atoms with Crippen LogP contribution in [0.25, 0.3) is 0 Å². The molecule has 0 radical (unpaired) electrons. The van der Waals surface area contributed by atoms with E-state index in [1.165, 1.54) is 16.9 Å². The van der Waals surface area contributed by atoms with Gasteiger partial charge in [-0.05, 0) is 49.4 Å². The number of hydrogen-bond donors (Lipinski definition) is 0. The average molecular weight is 351 g/mol. The van der Waals surface area contributed by atoms with Gasteiger partial charge in [-0.15, -0.1) is 11.3 Å². The van der Waals surface area contributed by atoms with E-state index in [9.17, 15) is 10.1 Å². The predicted octanol–water partition coefficient (Wildman–Crippen LogP) is 3.46. The van der Waals surface area contributed by atoms with E-state index in [1.54, 1.807) is 11.3 Å². The van der Waals surface area contributed by atoms with Gasteiger partial charge in [0.25, 0.3) is 5.91 Å². The topological polar surface area (TPSA) is 47.3 Å². The molecule has 1 aliphatic carbocycles. The molecule has 2 heterocycles. The number of para-hydroxylation sites is 1. The Hall–Kier alpha value is -2.32. The van der Waals surface area contributed by atoms with Crippen LogP contribution in [0.1, 0.15) is 38.5 Å². The maximum Gasteiger partial charge on any atom is 0.263 e. The fraction of sp³-hybridized carbons (Fsp3) is 0.400. The number of fused-ring (bicyclic) bond motifs is 1. The van der Waals surface area contributed by atoms with Gasteiger partial charge in [0.05, 0.1) is 16.1 Å². The van der Waals surface area contributed by atoms with Crippen molar-refractivity contribution in [2.45, 2.75) is 25.7 Å². The standard InChI is InChI=1S/C20H21N3OS/c21-14-16-5-1-2-7-17(16)22-9-4-10-23(12-11-22)20(24)19-13-15-6-3-8-18(15)25-19/h1-2,5,7,13H,3-4,6,8-12H2. The number of nitrogens with zero attached hydrogens (tertiary/aromatic N) is 3. The highest BCUT2D eigenvalue weighted by molar-refractivity contribution is 7.14. The molecule has 2 aromatic rings. The van der Waals surface area contributed by atoms with Gasteiger partial charge >= 0.3 is 0 Å². The molecule has 1 aromatic carbocycles. The Morgan fingerprint density at radius 2 is 1.96 bits per heavy atom. The number of carbonyl (C=O) groups is 1. The fourth-order valence-corrected chi connectivity index (χ4v) is 5.02. The Labute approximate surface area is 152 Å². The molecule has 4 nitrogen and oxygen atoms in total. The summed E-state index contributed by atoms with van der Waals surface area (Å²) in [5, 5.41) is 9.33. The lowest BCUT2D eigenvalue weighted by Crippen LogP contribution is -2.35. The summed E-state index contributed by atoms with van der Waals surface area (Å²) in [6, 6.07) is 12.1. The third kappa shape index (κ3) is 3.14. The molecule has 0 saturated carbocycles. The van der Waals surface area contributed by atoms with Crippen LogP contribution in [-0.4, -0.2) is 37.0 Å². The molecule has 4 rings (SSSR count). The minimum Gasteiger partial charge on any atom is -0.369 e. The molecule has 1 amide bonds. The van der Waals surface area contributed by atoms with Crippen molar-refractivity contribution in [3.63, 3.8) is 0 Å². The van der Waals surface area contributed by atoms with E-state index in [2.05, 4.69) is 17.0 Å². The fourth-order valence-electron chi connectivity index (χ4n) is 3.80. The van der Waals surface area contributed by atoms with Crippen LogP contribution in [0.2, 0.25) is 0 Å². The summed E-state index contributed by atoms with van der Waals surface area (Å²) in [7, 11) is 0. The normalized spacial score (nSPS) is 17.1. The summed E-state index contributed by atoms with van der Waals surface area (Å²) < 4.78 is 0. The van der Waals surface area contributed by atoms with Crippen LogP contribution in [0.3, 0.4) is 0 Å². The monoisotopic (exact) mass is 351 g/mol. The lowest BCUT2D eigenvalue weighted by atomic mass is 10.1. The zero-order valence-corrected chi connectivity index (χ0v) is 15.0. The Morgan fingerprint density at radius 3 is 2.80 bits per heavy atom. The second-order valence-corrected chi connectivity index (χ2v) is 7.81. The van der Waals surface area contributed by atoms with Crippen molar-refractivity contribution in [2.24, 2.45) is 0 Å². The first-order chi connectivity index (χ1) is 12.3. The molecule has 0 atom stereocenters. The average Bonchev–Trinajstić information content (AvgIpc) is 3.15.